The highest BCUT2D eigenvalue weighted by molar-refractivity contribution is 8.00. The summed E-state index contributed by atoms with van der Waals surface area (Å²) in [7, 11) is 0. The Morgan fingerprint density at radius 1 is 1.19 bits per heavy atom. The van der Waals surface area contributed by atoms with Crippen LogP contribution in [0.1, 0.15) is 18.1 Å². The zero-order valence-corrected chi connectivity index (χ0v) is 18.4. The molecule has 4 aromatic rings. The lowest BCUT2D eigenvalue weighted by Crippen LogP contribution is -2.13. The third kappa shape index (κ3) is 5.90. The number of hydrogen-bond donors (Lipinski definition) is 1. The summed E-state index contributed by atoms with van der Waals surface area (Å²) >= 11 is 9.07. The molecule has 158 valence electrons. The molecule has 1 N–H and O–H groups in total. The molecule has 0 saturated heterocycles. The Balaban J connectivity index is 1.27. The number of aryl methyl sites for hydroxylation is 1. The van der Waals surface area contributed by atoms with Crippen molar-refractivity contribution in [1.82, 2.24) is 15.1 Å². The van der Waals surface area contributed by atoms with Crippen LogP contribution in [-0.4, -0.2) is 21.0 Å². The first-order chi connectivity index (χ1) is 15.1. The Morgan fingerprint density at radius 3 is 2.90 bits per heavy atom. The number of amides is 1. The normalized spacial score (nSPS) is 10.9. The molecule has 2 aromatic heterocycles. The summed E-state index contributed by atoms with van der Waals surface area (Å²) in [5, 5.41) is 9.12. The molecule has 0 bridgehead atoms. The number of nitrogens with one attached hydrogen (secondary N) is 1. The highest BCUT2D eigenvalue weighted by Crippen LogP contribution is 2.30. The van der Waals surface area contributed by atoms with Gasteiger partial charge in [-0.2, -0.15) is 4.98 Å². The molecule has 0 spiro atoms. The minimum atomic E-state index is -0.478. The molecule has 0 unspecified atom stereocenters. The van der Waals surface area contributed by atoms with Gasteiger partial charge in [0.05, 0.1) is 17.1 Å². The molecule has 0 aliphatic rings. The zero-order chi connectivity index (χ0) is 21.6. The van der Waals surface area contributed by atoms with Gasteiger partial charge in [0.25, 0.3) is 0 Å². The Labute approximate surface area is 190 Å². The molecule has 2 aromatic carbocycles. The zero-order valence-electron chi connectivity index (χ0n) is 16.0. The lowest BCUT2D eigenvalue weighted by Gasteiger charge is -2.04. The lowest BCUT2D eigenvalue weighted by molar-refractivity contribution is -0.116. The van der Waals surface area contributed by atoms with Gasteiger partial charge in [0, 0.05) is 28.8 Å². The Kier molecular flexibility index (Phi) is 6.96. The number of halogens is 2. The van der Waals surface area contributed by atoms with Crippen LogP contribution in [0, 0.1) is 5.82 Å². The van der Waals surface area contributed by atoms with Crippen LogP contribution in [0.5, 0.6) is 0 Å². The van der Waals surface area contributed by atoms with Crippen molar-refractivity contribution in [3.8, 4) is 11.3 Å². The van der Waals surface area contributed by atoms with E-state index in [2.05, 4.69) is 20.4 Å². The molecule has 0 radical (unpaired) electrons. The van der Waals surface area contributed by atoms with Gasteiger partial charge in [0.1, 0.15) is 5.82 Å². The van der Waals surface area contributed by atoms with Crippen molar-refractivity contribution in [3.63, 3.8) is 0 Å². The number of thiazole rings is 1. The van der Waals surface area contributed by atoms with Gasteiger partial charge in [-0.3, -0.25) is 4.79 Å². The Hall–Kier alpha value is -2.75. The fourth-order valence-electron chi connectivity index (χ4n) is 2.68. The van der Waals surface area contributed by atoms with E-state index in [1.165, 1.54) is 35.2 Å². The molecular formula is C21H16ClFN4O2S2. The number of anilines is 1. The van der Waals surface area contributed by atoms with Gasteiger partial charge in [0.15, 0.2) is 10.2 Å². The van der Waals surface area contributed by atoms with Gasteiger partial charge in [-0.05, 0) is 24.3 Å². The maximum absolute atomic E-state index is 13.6. The highest BCUT2D eigenvalue weighted by Gasteiger charge is 2.12. The fourth-order valence-corrected chi connectivity index (χ4v) is 4.54. The molecule has 6 nitrogen and oxygen atoms in total. The molecule has 0 aliphatic heterocycles. The third-order valence-electron chi connectivity index (χ3n) is 4.15. The van der Waals surface area contributed by atoms with Crippen molar-refractivity contribution >= 4 is 46.3 Å². The molecule has 4 rings (SSSR count). The van der Waals surface area contributed by atoms with Gasteiger partial charge in [-0.25, -0.2) is 9.37 Å². The summed E-state index contributed by atoms with van der Waals surface area (Å²) in [6.45, 7) is 0. The van der Waals surface area contributed by atoms with Crippen LogP contribution in [0.2, 0.25) is 5.02 Å². The molecule has 10 heteroatoms. The van der Waals surface area contributed by atoms with E-state index in [0.717, 1.165) is 15.6 Å². The van der Waals surface area contributed by atoms with E-state index in [1.54, 1.807) is 12.1 Å². The number of hydrogen-bond acceptors (Lipinski definition) is 7. The van der Waals surface area contributed by atoms with E-state index < -0.39 is 5.82 Å². The molecule has 31 heavy (non-hydrogen) atoms. The molecule has 0 aliphatic carbocycles. The minimum absolute atomic E-state index is 0.110. The molecule has 0 atom stereocenters. The number of benzene rings is 2. The second-order valence-electron chi connectivity index (χ2n) is 6.43. The van der Waals surface area contributed by atoms with Crippen LogP contribution in [0.25, 0.3) is 11.3 Å². The van der Waals surface area contributed by atoms with Gasteiger partial charge in [0.2, 0.25) is 11.8 Å². The number of thioether (sulfide) groups is 1. The van der Waals surface area contributed by atoms with E-state index in [4.69, 9.17) is 16.1 Å². The Morgan fingerprint density at radius 2 is 2.06 bits per heavy atom. The van der Waals surface area contributed by atoms with Crippen molar-refractivity contribution in [2.75, 3.05) is 5.32 Å². The SMILES string of the molecule is O=C(CCc1nc(CSc2nc(-c3cccc(Cl)c3)cs2)no1)Nc1ccccc1F. The van der Waals surface area contributed by atoms with Gasteiger partial charge < -0.3 is 9.84 Å². The molecule has 0 saturated carbocycles. The standard InChI is InChI=1S/C21H16ClFN4O2S2/c22-14-5-3-4-13(10-14)17-11-30-21(25-17)31-12-18-26-20(29-27-18)9-8-19(28)24-16-7-2-1-6-15(16)23/h1-7,10-11H,8-9,12H2,(H,24,28). The maximum Gasteiger partial charge on any atom is 0.227 e. The van der Waals surface area contributed by atoms with Crippen LogP contribution >= 0.6 is 34.7 Å². The van der Waals surface area contributed by atoms with Crippen LogP contribution in [0.3, 0.4) is 0 Å². The first kappa shape index (κ1) is 21.5. The van der Waals surface area contributed by atoms with Gasteiger partial charge in [-0.1, -0.05) is 52.8 Å². The van der Waals surface area contributed by atoms with Crippen LogP contribution < -0.4 is 5.32 Å². The van der Waals surface area contributed by atoms with Crippen LogP contribution in [0.15, 0.2) is 62.8 Å². The number of para-hydroxylation sites is 1. The number of carbonyl (C=O) groups is 1. The summed E-state index contributed by atoms with van der Waals surface area (Å²) in [6, 6.07) is 13.6. The summed E-state index contributed by atoms with van der Waals surface area (Å²) in [5.74, 6) is 0.573. The second-order valence-corrected chi connectivity index (χ2v) is 8.95. The largest absolute Gasteiger partial charge is 0.339 e. The third-order valence-corrected chi connectivity index (χ3v) is 6.40. The maximum atomic E-state index is 13.6. The van der Waals surface area contributed by atoms with Crippen LogP contribution in [0.4, 0.5) is 10.1 Å². The predicted molar refractivity (Wildman–Crippen MR) is 120 cm³/mol. The summed E-state index contributed by atoms with van der Waals surface area (Å²) in [5.41, 5.74) is 1.98. The highest BCUT2D eigenvalue weighted by atomic mass is 35.5. The quantitative estimate of drug-likeness (QED) is 0.323. The van der Waals surface area contributed by atoms with E-state index in [-0.39, 0.29) is 24.4 Å². The van der Waals surface area contributed by atoms with Crippen molar-refractivity contribution in [2.45, 2.75) is 22.9 Å². The first-order valence-electron chi connectivity index (χ1n) is 9.27. The van der Waals surface area contributed by atoms with E-state index >= 15 is 0 Å². The number of nitrogens with zero attached hydrogens (tertiary/aromatic N) is 3. The molecule has 0 fully saturated rings. The van der Waals surface area contributed by atoms with E-state index in [1.807, 2.05) is 29.6 Å². The van der Waals surface area contributed by atoms with E-state index in [0.29, 0.717) is 22.5 Å². The van der Waals surface area contributed by atoms with Crippen molar-refractivity contribution in [3.05, 3.63) is 76.5 Å². The predicted octanol–water partition coefficient (Wildman–Crippen LogP) is 5.85. The van der Waals surface area contributed by atoms with Gasteiger partial charge >= 0.3 is 0 Å². The average Bonchev–Trinajstić information content (AvgIpc) is 3.42. The van der Waals surface area contributed by atoms with Crippen molar-refractivity contribution < 1.29 is 13.7 Å². The minimum Gasteiger partial charge on any atom is -0.339 e. The second kappa shape index (κ2) is 10.0. The molecule has 2 heterocycles. The number of carbonyl (C=O) groups excluding carboxylic acids is 1. The monoisotopic (exact) mass is 474 g/mol. The number of rotatable bonds is 8. The average molecular weight is 475 g/mol. The fraction of sp³-hybridized carbons (Fsp3) is 0.143. The molecule has 1 amide bonds. The van der Waals surface area contributed by atoms with Gasteiger partial charge in [-0.15, -0.1) is 11.3 Å². The Bertz CT molecular complexity index is 1200. The number of aromatic nitrogens is 3. The summed E-state index contributed by atoms with van der Waals surface area (Å²) < 4.78 is 19.7. The topological polar surface area (TPSA) is 80.9 Å². The van der Waals surface area contributed by atoms with Crippen molar-refractivity contribution in [1.29, 1.82) is 0 Å². The summed E-state index contributed by atoms with van der Waals surface area (Å²) in [4.78, 5) is 20.9. The molecular weight excluding hydrogens is 459 g/mol. The summed E-state index contributed by atoms with van der Waals surface area (Å²) in [6.07, 6.45) is 0.382. The first-order valence-corrected chi connectivity index (χ1v) is 11.5. The van der Waals surface area contributed by atoms with Crippen LogP contribution in [-0.2, 0) is 17.0 Å². The smallest absolute Gasteiger partial charge is 0.227 e. The van der Waals surface area contributed by atoms with E-state index in [9.17, 15) is 9.18 Å². The van der Waals surface area contributed by atoms with Crippen molar-refractivity contribution in [2.24, 2.45) is 0 Å². The lowest BCUT2D eigenvalue weighted by atomic mass is 10.2.